The van der Waals surface area contributed by atoms with Crippen molar-refractivity contribution in [1.82, 2.24) is 4.98 Å². The molecule has 0 radical (unpaired) electrons. The number of aryl methyl sites for hydroxylation is 1. The maximum atomic E-state index is 11.8. The van der Waals surface area contributed by atoms with Crippen molar-refractivity contribution >= 4 is 17.6 Å². The molecule has 0 saturated heterocycles. The first-order valence-corrected chi connectivity index (χ1v) is 6.56. The van der Waals surface area contributed by atoms with Crippen molar-refractivity contribution in [2.45, 2.75) is 12.8 Å². The van der Waals surface area contributed by atoms with E-state index in [1.54, 1.807) is 36.7 Å². The molecule has 0 aliphatic carbocycles. The number of rotatable bonds is 5. The Balaban J connectivity index is 1.85. The fourth-order valence-corrected chi connectivity index (χ4v) is 1.84. The number of amides is 1. The van der Waals surface area contributed by atoms with Gasteiger partial charge in [-0.25, -0.2) is 4.79 Å². The fourth-order valence-electron chi connectivity index (χ4n) is 1.84. The molecule has 0 atom stereocenters. The third-order valence-corrected chi connectivity index (χ3v) is 2.96. The van der Waals surface area contributed by atoms with Crippen LogP contribution in [0.1, 0.15) is 22.3 Å². The van der Waals surface area contributed by atoms with Crippen LogP contribution in [0.2, 0.25) is 0 Å². The summed E-state index contributed by atoms with van der Waals surface area (Å²) in [5.74, 6) is -0.434. The topological polar surface area (TPSA) is 68.3 Å². The molecule has 1 amide bonds. The van der Waals surface area contributed by atoms with Crippen LogP contribution >= 0.6 is 0 Å². The predicted molar refractivity (Wildman–Crippen MR) is 79.0 cm³/mol. The van der Waals surface area contributed by atoms with E-state index in [9.17, 15) is 9.59 Å². The van der Waals surface area contributed by atoms with Gasteiger partial charge in [0, 0.05) is 12.6 Å². The highest BCUT2D eigenvalue weighted by Gasteiger charge is 2.06. The molecule has 5 heteroatoms. The average molecular weight is 284 g/mol. The molecule has 0 aliphatic heterocycles. The van der Waals surface area contributed by atoms with Gasteiger partial charge in [0.15, 0.2) is 0 Å². The maximum Gasteiger partial charge on any atom is 0.337 e. The van der Waals surface area contributed by atoms with E-state index >= 15 is 0 Å². The third-order valence-electron chi connectivity index (χ3n) is 2.96. The number of anilines is 1. The quantitative estimate of drug-likeness (QED) is 0.856. The Hall–Kier alpha value is -2.69. The van der Waals surface area contributed by atoms with Crippen molar-refractivity contribution in [3.63, 3.8) is 0 Å². The summed E-state index contributed by atoms with van der Waals surface area (Å²) in [6, 6.07) is 10.6. The molecule has 2 aromatic rings. The minimum Gasteiger partial charge on any atom is -0.465 e. The first-order chi connectivity index (χ1) is 10.2. The molecule has 5 nitrogen and oxygen atoms in total. The highest BCUT2D eigenvalue weighted by molar-refractivity contribution is 5.91. The van der Waals surface area contributed by atoms with Gasteiger partial charge in [-0.15, -0.1) is 0 Å². The second-order valence-corrected chi connectivity index (χ2v) is 4.48. The summed E-state index contributed by atoms with van der Waals surface area (Å²) in [5.41, 5.74) is 2.17. The summed E-state index contributed by atoms with van der Waals surface area (Å²) in [4.78, 5) is 27.0. The Morgan fingerprint density at radius 3 is 2.57 bits per heavy atom. The average Bonchev–Trinajstić information content (AvgIpc) is 2.53. The van der Waals surface area contributed by atoms with Crippen molar-refractivity contribution in [2.75, 3.05) is 12.4 Å². The van der Waals surface area contributed by atoms with Gasteiger partial charge in [-0.3, -0.25) is 9.78 Å². The lowest BCUT2D eigenvalue weighted by Gasteiger charge is -2.05. The van der Waals surface area contributed by atoms with E-state index in [1.807, 2.05) is 12.1 Å². The lowest BCUT2D eigenvalue weighted by Crippen LogP contribution is -2.12. The van der Waals surface area contributed by atoms with Crippen LogP contribution in [0.3, 0.4) is 0 Å². The highest BCUT2D eigenvalue weighted by atomic mass is 16.5. The summed E-state index contributed by atoms with van der Waals surface area (Å²) in [7, 11) is 1.35. The summed E-state index contributed by atoms with van der Waals surface area (Å²) >= 11 is 0. The van der Waals surface area contributed by atoms with Crippen molar-refractivity contribution in [2.24, 2.45) is 0 Å². The molecule has 1 heterocycles. The van der Waals surface area contributed by atoms with Gasteiger partial charge in [0.2, 0.25) is 5.91 Å². The van der Waals surface area contributed by atoms with E-state index < -0.39 is 0 Å². The largest absolute Gasteiger partial charge is 0.465 e. The molecular formula is C16H16N2O3. The van der Waals surface area contributed by atoms with Crippen LogP contribution in [0.5, 0.6) is 0 Å². The van der Waals surface area contributed by atoms with Crippen LogP contribution in [0.25, 0.3) is 0 Å². The molecule has 2 rings (SSSR count). The first kappa shape index (κ1) is 14.7. The number of nitrogens with zero attached hydrogens (tertiary/aromatic N) is 1. The van der Waals surface area contributed by atoms with E-state index in [1.165, 1.54) is 7.11 Å². The Labute approximate surface area is 123 Å². The van der Waals surface area contributed by atoms with Gasteiger partial charge >= 0.3 is 5.97 Å². The summed E-state index contributed by atoms with van der Waals surface area (Å²) in [6.07, 6.45) is 4.22. The molecule has 0 unspecified atom stereocenters. The molecule has 0 spiro atoms. The lowest BCUT2D eigenvalue weighted by molar-refractivity contribution is -0.116. The monoisotopic (exact) mass is 284 g/mol. The van der Waals surface area contributed by atoms with Crippen molar-refractivity contribution in [1.29, 1.82) is 0 Å². The Morgan fingerprint density at radius 2 is 1.95 bits per heavy atom. The SMILES string of the molecule is COC(=O)c1ccc(CCC(=O)Nc2cccnc2)cc1. The minimum absolute atomic E-state index is 0.0694. The summed E-state index contributed by atoms with van der Waals surface area (Å²) < 4.78 is 4.63. The molecule has 0 fully saturated rings. The number of methoxy groups -OCH3 is 1. The van der Waals surface area contributed by atoms with E-state index in [0.717, 1.165) is 5.56 Å². The van der Waals surface area contributed by atoms with Crippen molar-refractivity contribution in [3.8, 4) is 0 Å². The van der Waals surface area contributed by atoms with Crippen LogP contribution in [0.15, 0.2) is 48.8 Å². The summed E-state index contributed by atoms with van der Waals surface area (Å²) in [5, 5.41) is 2.78. The van der Waals surface area contributed by atoms with Crippen LogP contribution in [0.4, 0.5) is 5.69 Å². The zero-order chi connectivity index (χ0) is 15.1. The van der Waals surface area contributed by atoms with E-state index in [0.29, 0.717) is 24.1 Å². The maximum absolute atomic E-state index is 11.8. The molecule has 21 heavy (non-hydrogen) atoms. The zero-order valence-electron chi connectivity index (χ0n) is 11.7. The van der Waals surface area contributed by atoms with Gasteiger partial charge in [-0.1, -0.05) is 12.1 Å². The van der Waals surface area contributed by atoms with E-state index in [4.69, 9.17) is 0 Å². The molecule has 0 aliphatic rings. The Bertz CT molecular complexity index is 609. The highest BCUT2D eigenvalue weighted by Crippen LogP contribution is 2.09. The predicted octanol–water partition coefficient (Wildman–Crippen LogP) is 2.44. The molecule has 108 valence electrons. The van der Waals surface area contributed by atoms with Crippen molar-refractivity contribution < 1.29 is 14.3 Å². The van der Waals surface area contributed by atoms with Gasteiger partial charge in [0.1, 0.15) is 0 Å². The van der Waals surface area contributed by atoms with E-state index in [2.05, 4.69) is 15.0 Å². The van der Waals surface area contributed by atoms with E-state index in [-0.39, 0.29) is 11.9 Å². The second kappa shape index (κ2) is 7.19. The number of hydrogen-bond acceptors (Lipinski definition) is 4. The number of pyridine rings is 1. The van der Waals surface area contributed by atoms with Crippen LogP contribution in [-0.4, -0.2) is 24.0 Å². The smallest absolute Gasteiger partial charge is 0.337 e. The Morgan fingerprint density at radius 1 is 1.19 bits per heavy atom. The third kappa shape index (κ3) is 4.42. The number of hydrogen-bond donors (Lipinski definition) is 1. The van der Waals surface area contributed by atoms with Crippen LogP contribution < -0.4 is 5.32 Å². The molecule has 0 saturated carbocycles. The molecule has 0 bridgehead atoms. The second-order valence-electron chi connectivity index (χ2n) is 4.48. The minimum atomic E-state index is -0.365. The number of carbonyl (C=O) groups excluding carboxylic acids is 2. The summed E-state index contributed by atoms with van der Waals surface area (Å²) in [6.45, 7) is 0. The van der Waals surface area contributed by atoms with Gasteiger partial charge in [-0.05, 0) is 36.2 Å². The number of carbonyl (C=O) groups is 2. The number of ether oxygens (including phenoxy) is 1. The molecular weight excluding hydrogens is 268 g/mol. The van der Waals surface area contributed by atoms with Gasteiger partial charge in [0.05, 0.1) is 24.6 Å². The fraction of sp³-hybridized carbons (Fsp3) is 0.188. The normalized spacial score (nSPS) is 9.95. The van der Waals surface area contributed by atoms with Gasteiger partial charge in [-0.2, -0.15) is 0 Å². The lowest BCUT2D eigenvalue weighted by atomic mass is 10.1. The van der Waals surface area contributed by atoms with Gasteiger partial charge in [0.25, 0.3) is 0 Å². The zero-order valence-corrected chi connectivity index (χ0v) is 11.7. The van der Waals surface area contributed by atoms with Crippen molar-refractivity contribution in [3.05, 3.63) is 59.9 Å². The molecule has 1 aromatic carbocycles. The standard InChI is InChI=1S/C16H16N2O3/c1-21-16(20)13-7-4-12(5-8-13)6-9-15(19)18-14-3-2-10-17-11-14/h2-5,7-8,10-11H,6,9H2,1H3,(H,18,19). The number of esters is 1. The van der Waals surface area contributed by atoms with Gasteiger partial charge < -0.3 is 10.1 Å². The first-order valence-electron chi connectivity index (χ1n) is 6.56. The number of benzene rings is 1. The van der Waals surface area contributed by atoms with Crippen LogP contribution in [0, 0.1) is 0 Å². The number of aromatic nitrogens is 1. The molecule has 1 aromatic heterocycles. The Kier molecular flexibility index (Phi) is 5.04. The molecule has 1 N–H and O–H groups in total. The number of nitrogens with one attached hydrogen (secondary N) is 1. The van der Waals surface area contributed by atoms with Crippen LogP contribution in [-0.2, 0) is 16.0 Å².